The second-order valence-electron chi connectivity index (χ2n) is 5.64. The van der Waals surface area contributed by atoms with Crippen molar-refractivity contribution in [2.24, 2.45) is 0 Å². The summed E-state index contributed by atoms with van der Waals surface area (Å²) in [5, 5.41) is 4.69. The lowest BCUT2D eigenvalue weighted by Crippen LogP contribution is -1.96. The fourth-order valence-electron chi connectivity index (χ4n) is 2.35. The molecule has 0 N–H and O–H groups in total. The van der Waals surface area contributed by atoms with Gasteiger partial charge >= 0.3 is 0 Å². The lowest BCUT2D eigenvalue weighted by Gasteiger charge is -2.02. The maximum absolute atomic E-state index is 13.2. The third-order valence-corrected chi connectivity index (χ3v) is 3.56. The lowest BCUT2D eigenvalue weighted by molar-refractivity contribution is 0.628. The molecule has 0 aliphatic carbocycles. The van der Waals surface area contributed by atoms with Crippen LogP contribution >= 0.6 is 0 Å². The van der Waals surface area contributed by atoms with Crippen LogP contribution in [-0.2, 0) is 6.54 Å². The number of hydrogen-bond acceptors (Lipinski definition) is 2. The summed E-state index contributed by atoms with van der Waals surface area (Å²) in [7, 11) is 0. The molecular weight excluding hydrogens is 289 g/mol. The molecular formula is C19H18FN3. The van der Waals surface area contributed by atoms with Gasteiger partial charge < -0.3 is 0 Å². The van der Waals surface area contributed by atoms with Gasteiger partial charge in [0, 0.05) is 29.7 Å². The van der Waals surface area contributed by atoms with Gasteiger partial charge in [-0.25, -0.2) is 4.39 Å². The van der Waals surface area contributed by atoms with Crippen LogP contribution in [0.5, 0.6) is 0 Å². The Balaban J connectivity index is 2.08. The third kappa shape index (κ3) is 3.54. The van der Waals surface area contributed by atoms with Crippen molar-refractivity contribution in [3.63, 3.8) is 0 Å². The minimum atomic E-state index is -0.247. The molecule has 3 aromatic rings. The number of aromatic nitrogens is 3. The molecule has 0 aliphatic heterocycles. The van der Waals surface area contributed by atoms with Crippen LogP contribution in [0.4, 0.5) is 4.39 Å². The van der Waals surface area contributed by atoms with Crippen molar-refractivity contribution in [3.8, 4) is 22.4 Å². The molecule has 0 saturated carbocycles. The predicted molar refractivity (Wildman–Crippen MR) is 90.3 cm³/mol. The van der Waals surface area contributed by atoms with Gasteiger partial charge in [0.25, 0.3) is 0 Å². The summed E-state index contributed by atoms with van der Waals surface area (Å²) in [5.74, 6) is -0.247. The first-order valence-electron chi connectivity index (χ1n) is 7.50. The van der Waals surface area contributed by atoms with Gasteiger partial charge in [-0.15, -0.1) is 0 Å². The minimum absolute atomic E-state index is 0.247. The van der Waals surface area contributed by atoms with E-state index in [0.717, 1.165) is 22.4 Å². The average Bonchev–Trinajstić information content (AvgIpc) is 2.99. The second kappa shape index (κ2) is 6.57. The van der Waals surface area contributed by atoms with Gasteiger partial charge in [0.2, 0.25) is 0 Å². The molecule has 0 spiro atoms. The Bertz CT molecular complexity index is 814. The van der Waals surface area contributed by atoms with E-state index >= 15 is 0 Å². The highest BCUT2D eigenvalue weighted by Gasteiger charge is 2.13. The van der Waals surface area contributed by atoms with Crippen LogP contribution in [0.1, 0.15) is 13.8 Å². The second-order valence-corrected chi connectivity index (χ2v) is 5.64. The highest BCUT2D eigenvalue weighted by molar-refractivity contribution is 5.80. The van der Waals surface area contributed by atoms with E-state index in [9.17, 15) is 4.39 Å². The predicted octanol–water partition coefficient (Wildman–Crippen LogP) is 4.72. The summed E-state index contributed by atoms with van der Waals surface area (Å²) >= 11 is 0. The molecule has 2 heterocycles. The molecule has 116 valence electrons. The number of pyridine rings is 1. The van der Waals surface area contributed by atoms with Crippen molar-refractivity contribution in [2.45, 2.75) is 20.4 Å². The highest BCUT2D eigenvalue weighted by atomic mass is 19.1. The summed E-state index contributed by atoms with van der Waals surface area (Å²) in [4.78, 5) is 4.06. The van der Waals surface area contributed by atoms with Crippen molar-refractivity contribution >= 4 is 0 Å². The van der Waals surface area contributed by atoms with Gasteiger partial charge in [-0.2, -0.15) is 5.10 Å². The average molecular weight is 307 g/mol. The number of hydrogen-bond donors (Lipinski definition) is 0. The summed E-state index contributed by atoms with van der Waals surface area (Å²) < 4.78 is 15.1. The smallest absolute Gasteiger partial charge is 0.123 e. The molecule has 0 radical (unpaired) electrons. The topological polar surface area (TPSA) is 30.7 Å². The van der Waals surface area contributed by atoms with Crippen LogP contribution in [-0.4, -0.2) is 14.8 Å². The molecule has 3 rings (SSSR count). The normalized spacial score (nSPS) is 10.6. The van der Waals surface area contributed by atoms with Crippen LogP contribution in [0.15, 0.2) is 66.6 Å². The lowest BCUT2D eigenvalue weighted by atomic mass is 10.0. The standard InChI is InChI=1S/C19H18FN3/c1-14(2)9-12-23-13-18(15-7-10-21-11-8-15)19(22-23)16-3-5-17(20)6-4-16/h3-11,13H,12H2,1-2H3. The first-order chi connectivity index (χ1) is 11.1. The monoisotopic (exact) mass is 307 g/mol. The molecule has 1 aromatic carbocycles. The van der Waals surface area contributed by atoms with E-state index < -0.39 is 0 Å². The molecule has 0 fully saturated rings. The van der Waals surface area contributed by atoms with Crippen LogP contribution < -0.4 is 0 Å². The van der Waals surface area contributed by atoms with Crippen molar-refractivity contribution in [1.82, 2.24) is 14.8 Å². The van der Waals surface area contributed by atoms with Crippen LogP contribution in [0.25, 0.3) is 22.4 Å². The Kier molecular flexibility index (Phi) is 4.33. The van der Waals surface area contributed by atoms with Crippen molar-refractivity contribution < 1.29 is 4.39 Å². The number of allylic oxidation sites excluding steroid dienone is 2. The van der Waals surface area contributed by atoms with Gasteiger partial charge in [0.1, 0.15) is 11.5 Å². The molecule has 2 aromatic heterocycles. The molecule has 0 saturated heterocycles. The molecule has 3 nitrogen and oxygen atoms in total. The number of nitrogens with zero attached hydrogens (tertiary/aromatic N) is 3. The van der Waals surface area contributed by atoms with Crippen molar-refractivity contribution in [1.29, 1.82) is 0 Å². The Morgan fingerprint density at radius 2 is 1.74 bits per heavy atom. The zero-order chi connectivity index (χ0) is 16.2. The number of benzene rings is 1. The van der Waals surface area contributed by atoms with Crippen LogP contribution in [0.3, 0.4) is 0 Å². The van der Waals surface area contributed by atoms with E-state index in [2.05, 4.69) is 30.0 Å². The van der Waals surface area contributed by atoms with Crippen LogP contribution in [0, 0.1) is 5.82 Å². The van der Waals surface area contributed by atoms with Gasteiger partial charge in [0.15, 0.2) is 0 Å². The highest BCUT2D eigenvalue weighted by Crippen LogP contribution is 2.30. The number of rotatable bonds is 4. The summed E-state index contributed by atoms with van der Waals surface area (Å²) in [6.07, 6.45) is 7.67. The first kappa shape index (κ1) is 15.2. The van der Waals surface area contributed by atoms with Crippen LogP contribution in [0.2, 0.25) is 0 Å². The molecule has 4 heteroatoms. The van der Waals surface area contributed by atoms with Gasteiger partial charge in [-0.1, -0.05) is 11.6 Å². The molecule has 23 heavy (non-hydrogen) atoms. The first-order valence-corrected chi connectivity index (χ1v) is 7.50. The Labute approximate surface area is 135 Å². The fourth-order valence-corrected chi connectivity index (χ4v) is 2.35. The van der Waals surface area contributed by atoms with Crippen molar-refractivity contribution in [3.05, 3.63) is 72.5 Å². The van der Waals surface area contributed by atoms with E-state index in [1.54, 1.807) is 24.5 Å². The Morgan fingerprint density at radius 3 is 2.39 bits per heavy atom. The Morgan fingerprint density at radius 1 is 1.04 bits per heavy atom. The molecule has 0 amide bonds. The molecule has 0 atom stereocenters. The Hall–Kier alpha value is -2.75. The maximum Gasteiger partial charge on any atom is 0.123 e. The van der Waals surface area contributed by atoms with Gasteiger partial charge in [0.05, 0.1) is 6.54 Å². The largest absolute Gasteiger partial charge is 0.268 e. The zero-order valence-electron chi connectivity index (χ0n) is 13.2. The quantitative estimate of drug-likeness (QED) is 0.653. The number of halogens is 1. The summed E-state index contributed by atoms with van der Waals surface area (Å²) in [5.41, 5.74) is 5.05. The summed E-state index contributed by atoms with van der Waals surface area (Å²) in [6, 6.07) is 10.3. The maximum atomic E-state index is 13.2. The summed E-state index contributed by atoms with van der Waals surface area (Å²) in [6.45, 7) is 4.84. The zero-order valence-corrected chi connectivity index (χ0v) is 13.2. The minimum Gasteiger partial charge on any atom is -0.268 e. The van der Waals surface area contributed by atoms with E-state index in [4.69, 9.17) is 0 Å². The third-order valence-electron chi connectivity index (χ3n) is 3.56. The molecule has 0 aliphatic rings. The van der Waals surface area contributed by atoms with E-state index in [1.165, 1.54) is 17.7 Å². The van der Waals surface area contributed by atoms with E-state index in [1.807, 2.05) is 23.0 Å². The fraction of sp³-hybridized carbons (Fsp3) is 0.158. The van der Waals surface area contributed by atoms with E-state index in [0.29, 0.717) is 6.54 Å². The molecule has 0 unspecified atom stereocenters. The SMILES string of the molecule is CC(C)=CCn1cc(-c2ccncc2)c(-c2ccc(F)cc2)n1. The van der Waals surface area contributed by atoms with Gasteiger partial charge in [-0.3, -0.25) is 9.67 Å². The molecule has 0 bridgehead atoms. The van der Waals surface area contributed by atoms with E-state index in [-0.39, 0.29) is 5.82 Å². The van der Waals surface area contributed by atoms with Crippen molar-refractivity contribution in [2.75, 3.05) is 0 Å². The van der Waals surface area contributed by atoms with Gasteiger partial charge in [-0.05, 0) is 55.8 Å².